The summed E-state index contributed by atoms with van der Waals surface area (Å²) in [7, 11) is 0. The number of rotatable bonds is 3. The molecule has 1 aliphatic rings. The maximum atomic E-state index is 6.03. The first-order chi connectivity index (χ1) is 7.18. The average molecular weight is 291 g/mol. The van der Waals surface area contributed by atoms with Gasteiger partial charge in [0, 0.05) is 27.3 Å². The van der Waals surface area contributed by atoms with E-state index in [1.807, 2.05) is 12.0 Å². The molecule has 2 atom stereocenters. The van der Waals surface area contributed by atoms with Crippen molar-refractivity contribution in [3.05, 3.63) is 20.8 Å². The number of thiophene rings is 1. The lowest BCUT2D eigenvalue weighted by Crippen LogP contribution is -2.36. The van der Waals surface area contributed by atoms with Crippen LogP contribution < -0.4 is 5.73 Å². The Morgan fingerprint density at radius 3 is 2.93 bits per heavy atom. The Labute approximate surface area is 102 Å². The highest BCUT2D eigenvalue weighted by atomic mass is 79.9. The molecule has 1 fully saturated rings. The van der Waals surface area contributed by atoms with E-state index >= 15 is 0 Å². The highest BCUT2D eigenvalue weighted by Gasteiger charge is 2.28. The molecule has 0 aliphatic carbocycles. The van der Waals surface area contributed by atoms with Crippen LogP contribution in [0.15, 0.2) is 15.9 Å². The Hall–Kier alpha value is 0.0600. The molecule has 2 heterocycles. The van der Waals surface area contributed by atoms with Gasteiger partial charge in [0.05, 0.1) is 12.6 Å². The van der Waals surface area contributed by atoms with Crippen LogP contribution in [0, 0.1) is 0 Å². The zero-order valence-electron chi connectivity index (χ0n) is 8.65. The van der Waals surface area contributed by atoms with Crippen LogP contribution in [0.4, 0.5) is 0 Å². The molecule has 0 radical (unpaired) electrons. The fraction of sp³-hybridized carbons (Fsp3) is 0.600. The van der Waals surface area contributed by atoms with Crippen LogP contribution in [0.5, 0.6) is 0 Å². The maximum absolute atomic E-state index is 6.03. The molecule has 2 unspecified atom stereocenters. The zero-order chi connectivity index (χ0) is 10.8. The van der Waals surface area contributed by atoms with Crippen molar-refractivity contribution in [2.45, 2.75) is 25.4 Å². The van der Waals surface area contributed by atoms with Crippen molar-refractivity contribution in [3.8, 4) is 0 Å². The lowest BCUT2D eigenvalue weighted by molar-refractivity contribution is -0.146. The molecule has 84 valence electrons. The summed E-state index contributed by atoms with van der Waals surface area (Å²) in [6, 6.07) is 2.39. The Bertz CT molecular complexity index is 323. The Morgan fingerprint density at radius 2 is 2.47 bits per heavy atom. The standard InChI is InChI=1S/C10H15BrN2OS/c1-7(12)10(13-3-2-4-14-13)9-5-8(11)6-15-9/h5-7,10H,2-4,12H2,1H3. The van der Waals surface area contributed by atoms with Crippen LogP contribution in [0.1, 0.15) is 24.3 Å². The largest absolute Gasteiger partial charge is 0.326 e. The number of halogens is 1. The fourth-order valence-electron chi connectivity index (χ4n) is 1.83. The number of hydrogen-bond acceptors (Lipinski definition) is 4. The second kappa shape index (κ2) is 4.93. The quantitative estimate of drug-likeness (QED) is 0.930. The van der Waals surface area contributed by atoms with Crippen LogP contribution in [0.2, 0.25) is 0 Å². The third-order valence-corrected chi connectivity index (χ3v) is 4.23. The van der Waals surface area contributed by atoms with Crippen molar-refractivity contribution in [2.75, 3.05) is 13.2 Å². The number of hydroxylamine groups is 2. The fourth-order valence-corrected chi connectivity index (χ4v) is 3.49. The summed E-state index contributed by atoms with van der Waals surface area (Å²) in [4.78, 5) is 6.85. The molecule has 2 rings (SSSR count). The molecule has 3 nitrogen and oxygen atoms in total. The van der Waals surface area contributed by atoms with Gasteiger partial charge in [-0.05, 0) is 35.3 Å². The van der Waals surface area contributed by atoms with E-state index in [-0.39, 0.29) is 12.1 Å². The molecule has 2 N–H and O–H groups in total. The molecule has 1 saturated heterocycles. The van der Waals surface area contributed by atoms with Gasteiger partial charge in [-0.25, -0.2) is 0 Å². The van der Waals surface area contributed by atoms with Crippen molar-refractivity contribution in [2.24, 2.45) is 5.73 Å². The van der Waals surface area contributed by atoms with Crippen LogP contribution in [-0.2, 0) is 4.84 Å². The third-order valence-electron chi connectivity index (χ3n) is 2.47. The minimum atomic E-state index is 0.0775. The Balaban J connectivity index is 2.18. The SMILES string of the molecule is CC(N)C(c1cc(Br)cs1)N1CCCO1. The van der Waals surface area contributed by atoms with E-state index in [4.69, 9.17) is 10.6 Å². The molecule has 0 saturated carbocycles. The number of hydrogen-bond donors (Lipinski definition) is 1. The maximum Gasteiger partial charge on any atom is 0.0843 e. The monoisotopic (exact) mass is 290 g/mol. The normalized spacial score (nSPS) is 21.8. The zero-order valence-corrected chi connectivity index (χ0v) is 11.1. The van der Waals surface area contributed by atoms with Gasteiger partial charge in [0.1, 0.15) is 0 Å². The summed E-state index contributed by atoms with van der Waals surface area (Å²) in [5, 5.41) is 4.10. The Morgan fingerprint density at radius 1 is 1.67 bits per heavy atom. The van der Waals surface area contributed by atoms with Gasteiger partial charge in [0.25, 0.3) is 0 Å². The molecular weight excluding hydrogens is 276 g/mol. The molecule has 1 aromatic rings. The van der Waals surface area contributed by atoms with Crippen LogP contribution in [0.3, 0.4) is 0 Å². The van der Waals surface area contributed by atoms with Crippen molar-refractivity contribution in [3.63, 3.8) is 0 Å². The molecule has 0 bridgehead atoms. The molecule has 0 spiro atoms. The molecule has 1 aliphatic heterocycles. The minimum Gasteiger partial charge on any atom is -0.326 e. The van der Waals surface area contributed by atoms with Crippen LogP contribution in [0.25, 0.3) is 0 Å². The highest BCUT2D eigenvalue weighted by molar-refractivity contribution is 9.10. The molecular formula is C10H15BrN2OS. The highest BCUT2D eigenvalue weighted by Crippen LogP contribution is 2.32. The Kier molecular flexibility index (Phi) is 3.79. The molecule has 5 heteroatoms. The van der Waals surface area contributed by atoms with E-state index in [1.54, 1.807) is 11.3 Å². The number of nitrogens with two attached hydrogens (primary N) is 1. The van der Waals surface area contributed by atoms with Gasteiger partial charge in [0.15, 0.2) is 0 Å². The van der Waals surface area contributed by atoms with Crippen molar-refractivity contribution < 1.29 is 4.84 Å². The molecule has 0 aromatic carbocycles. The third kappa shape index (κ3) is 2.60. The second-order valence-corrected chi connectivity index (χ2v) is 5.66. The van der Waals surface area contributed by atoms with E-state index in [0.29, 0.717) is 0 Å². The van der Waals surface area contributed by atoms with Gasteiger partial charge in [-0.3, -0.25) is 4.84 Å². The molecule has 15 heavy (non-hydrogen) atoms. The van der Waals surface area contributed by atoms with E-state index in [9.17, 15) is 0 Å². The lowest BCUT2D eigenvalue weighted by atomic mass is 10.1. The van der Waals surface area contributed by atoms with E-state index in [1.165, 1.54) is 4.88 Å². The summed E-state index contributed by atoms with van der Waals surface area (Å²) in [5.74, 6) is 0. The first-order valence-electron chi connectivity index (χ1n) is 5.07. The van der Waals surface area contributed by atoms with Gasteiger partial charge >= 0.3 is 0 Å². The molecule has 1 aromatic heterocycles. The smallest absolute Gasteiger partial charge is 0.0843 e. The average Bonchev–Trinajstić information content (AvgIpc) is 2.77. The van der Waals surface area contributed by atoms with Crippen molar-refractivity contribution >= 4 is 27.3 Å². The summed E-state index contributed by atoms with van der Waals surface area (Å²) in [6.45, 7) is 3.82. The van der Waals surface area contributed by atoms with E-state index in [0.717, 1.165) is 24.0 Å². The predicted octanol–water partition coefficient (Wildman–Crippen LogP) is 2.54. The van der Waals surface area contributed by atoms with Crippen LogP contribution >= 0.6 is 27.3 Å². The van der Waals surface area contributed by atoms with E-state index < -0.39 is 0 Å². The van der Waals surface area contributed by atoms with Gasteiger partial charge in [-0.1, -0.05) is 0 Å². The lowest BCUT2D eigenvalue weighted by Gasteiger charge is -2.28. The van der Waals surface area contributed by atoms with E-state index in [2.05, 4.69) is 27.4 Å². The van der Waals surface area contributed by atoms with Crippen molar-refractivity contribution in [1.29, 1.82) is 0 Å². The summed E-state index contributed by atoms with van der Waals surface area (Å²) in [5.41, 5.74) is 6.03. The first kappa shape index (κ1) is 11.5. The molecule has 0 amide bonds. The van der Waals surface area contributed by atoms with Crippen LogP contribution in [-0.4, -0.2) is 24.3 Å². The first-order valence-corrected chi connectivity index (χ1v) is 6.75. The number of nitrogens with zero attached hydrogens (tertiary/aromatic N) is 1. The minimum absolute atomic E-state index is 0.0775. The van der Waals surface area contributed by atoms with Gasteiger partial charge in [0.2, 0.25) is 0 Å². The van der Waals surface area contributed by atoms with Gasteiger partial charge in [-0.2, -0.15) is 5.06 Å². The second-order valence-electron chi connectivity index (χ2n) is 3.80. The summed E-state index contributed by atoms with van der Waals surface area (Å²) < 4.78 is 1.12. The predicted molar refractivity (Wildman–Crippen MR) is 65.7 cm³/mol. The van der Waals surface area contributed by atoms with Crippen molar-refractivity contribution in [1.82, 2.24) is 5.06 Å². The summed E-state index contributed by atoms with van der Waals surface area (Å²) >= 11 is 5.19. The van der Waals surface area contributed by atoms with Gasteiger partial charge < -0.3 is 5.73 Å². The topological polar surface area (TPSA) is 38.5 Å². The van der Waals surface area contributed by atoms with Gasteiger partial charge in [-0.15, -0.1) is 11.3 Å². The summed E-state index contributed by atoms with van der Waals surface area (Å²) in [6.07, 6.45) is 1.09.